The Labute approximate surface area is 271 Å². The molecule has 6 rings (SSSR count). The van der Waals surface area contributed by atoms with Crippen molar-refractivity contribution < 1.29 is 18.7 Å². The molecule has 1 fully saturated rings. The number of aromatic nitrogens is 3. The third-order valence-electron chi connectivity index (χ3n) is 9.36. The van der Waals surface area contributed by atoms with E-state index in [2.05, 4.69) is 10.2 Å². The van der Waals surface area contributed by atoms with Gasteiger partial charge in [-0.25, -0.2) is 14.2 Å². The number of nitrogens with one attached hydrogen (secondary N) is 1. The normalized spacial score (nSPS) is 16.2. The molecule has 2 aliphatic rings. The molecule has 1 aliphatic heterocycles. The van der Waals surface area contributed by atoms with E-state index >= 15 is 4.39 Å². The zero-order chi connectivity index (χ0) is 33.6. The van der Waals surface area contributed by atoms with Gasteiger partial charge in [0.1, 0.15) is 11.4 Å². The van der Waals surface area contributed by atoms with E-state index in [0.29, 0.717) is 52.6 Å². The molecular weight excluding hydrogens is 603 g/mol. The van der Waals surface area contributed by atoms with Crippen molar-refractivity contribution in [3.05, 3.63) is 97.6 Å². The first-order valence-electron chi connectivity index (χ1n) is 15.5. The van der Waals surface area contributed by atoms with Crippen LogP contribution in [0.25, 0.3) is 22.4 Å². The molecule has 12 heteroatoms. The van der Waals surface area contributed by atoms with Crippen molar-refractivity contribution in [2.45, 2.75) is 32.7 Å². The highest BCUT2D eigenvalue weighted by Gasteiger charge is 2.35. The number of hydrogen-bond donors (Lipinski definition) is 1. The van der Waals surface area contributed by atoms with Gasteiger partial charge in [0.2, 0.25) is 11.8 Å². The SMILES string of the molecule is COc1nc(-c2cccc(-c3cccc(NC(=O)c4cn(C)c(=O)n(C)c4=O)c3C)c2F)cc2c1[C@@H](N1CCN(C(C)=O)CC1)CC2. The summed E-state index contributed by atoms with van der Waals surface area (Å²) >= 11 is 0. The van der Waals surface area contributed by atoms with E-state index in [-0.39, 0.29) is 17.5 Å². The van der Waals surface area contributed by atoms with E-state index in [1.807, 2.05) is 11.0 Å². The number of nitrogens with zero attached hydrogens (tertiary/aromatic N) is 5. The van der Waals surface area contributed by atoms with E-state index < -0.39 is 23.0 Å². The second-order valence-corrected chi connectivity index (χ2v) is 12.1. The van der Waals surface area contributed by atoms with Crippen LogP contribution < -0.4 is 21.3 Å². The summed E-state index contributed by atoms with van der Waals surface area (Å²) in [4.78, 5) is 58.7. The number of piperazine rings is 1. The monoisotopic (exact) mass is 640 g/mol. The number of ether oxygens (including phenoxy) is 1. The average molecular weight is 641 g/mol. The third-order valence-corrected chi connectivity index (χ3v) is 9.36. The van der Waals surface area contributed by atoms with Gasteiger partial charge in [0.25, 0.3) is 11.5 Å². The largest absolute Gasteiger partial charge is 0.481 e. The van der Waals surface area contributed by atoms with E-state index in [9.17, 15) is 19.2 Å². The van der Waals surface area contributed by atoms with Crippen LogP contribution in [0.3, 0.4) is 0 Å². The van der Waals surface area contributed by atoms with Crippen LogP contribution in [0.1, 0.15) is 46.4 Å². The van der Waals surface area contributed by atoms with Crippen LogP contribution in [-0.2, 0) is 25.3 Å². The number of carbonyl (C=O) groups excluding carboxylic acids is 2. The van der Waals surface area contributed by atoms with Gasteiger partial charge in [0.15, 0.2) is 0 Å². The maximum atomic E-state index is 16.4. The number of amides is 2. The fourth-order valence-electron chi connectivity index (χ4n) is 6.74. The standard InChI is InChI=1S/C35H37FN6O5/c1-20-23(8-7-11-27(20)37-32(44)26-19-39(3)35(46)40(4)34(26)45)24-9-6-10-25(31(24)36)28-18-22-12-13-29(30(22)33(38-28)47-5)42-16-14-41(15-17-42)21(2)43/h6-11,18-19,29H,12-17H2,1-5H3,(H,37,44)/t29-/m0/s1. The fraction of sp³-hybridized carbons (Fsp3) is 0.343. The van der Waals surface area contributed by atoms with Gasteiger partial charge in [-0.15, -0.1) is 0 Å². The van der Waals surface area contributed by atoms with Crippen LogP contribution in [-0.4, -0.2) is 69.0 Å². The zero-order valence-electron chi connectivity index (χ0n) is 27.1. The van der Waals surface area contributed by atoms with Crippen LogP contribution in [0.15, 0.2) is 58.3 Å². The number of fused-ring (bicyclic) bond motifs is 1. The molecule has 0 spiro atoms. The van der Waals surface area contributed by atoms with Crippen molar-refractivity contribution in [2.75, 3.05) is 38.6 Å². The van der Waals surface area contributed by atoms with Crippen molar-refractivity contribution >= 4 is 17.5 Å². The molecule has 244 valence electrons. The van der Waals surface area contributed by atoms with Gasteiger partial charge in [-0.2, -0.15) is 0 Å². The van der Waals surface area contributed by atoms with Gasteiger partial charge in [0, 0.05) is 81.8 Å². The van der Waals surface area contributed by atoms with E-state index in [1.165, 1.54) is 24.9 Å². The lowest BCUT2D eigenvalue weighted by Gasteiger charge is -2.38. The Balaban J connectivity index is 1.31. The van der Waals surface area contributed by atoms with Gasteiger partial charge in [-0.05, 0) is 54.7 Å². The summed E-state index contributed by atoms with van der Waals surface area (Å²) in [6.07, 6.45) is 2.90. The van der Waals surface area contributed by atoms with Crippen LogP contribution in [0.2, 0.25) is 0 Å². The van der Waals surface area contributed by atoms with Gasteiger partial charge < -0.3 is 19.5 Å². The van der Waals surface area contributed by atoms with Gasteiger partial charge in [0.05, 0.1) is 12.8 Å². The summed E-state index contributed by atoms with van der Waals surface area (Å²) < 4.78 is 24.3. The lowest BCUT2D eigenvalue weighted by atomic mass is 9.95. The quantitative estimate of drug-likeness (QED) is 0.342. The number of halogens is 1. The van der Waals surface area contributed by atoms with Crippen molar-refractivity contribution in [1.29, 1.82) is 0 Å². The summed E-state index contributed by atoms with van der Waals surface area (Å²) in [5.41, 5.74) is 3.34. The summed E-state index contributed by atoms with van der Waals surface area (Å²) in [5.74, 6) is -0.575. The Morgan fingerprint density at radius 3 is 2.38 bits per heavy atom. The van der Waals surface area contributed by atoms with E-state index in [0.717, 1.165) is 41.6 Å². The highest BCUT2D eigenvalue weighted by Crippen LogP contribution is 2.43. The molecule has 1 aliphatic carbocycles. The van der Waals surface area contributed by atoms with Crippen molar-refractivity contribution in [2.24, 2.45) is 14.1 Å². The Morgan fingerprint density at radius 1 is 1.00 bits per heavy atom. The number of hydrogen-bond acceptors (Lipinski definition) is 7. The average Bonchev–Trinajstić information content (AvgIpc) is 3.50. The second kappa shape index (κ2) is 12.6. The van der Waals surface area contributed by atoms with Crippen LogP contribution >= 0.6 is 0 Å². The molecular formula is C35H37FN6O5. The molecule has 2 amide bonds. The topological polar surface area (TPSA) is 119 Å². The fourth-order valence-corrected chi connectivity index (χ4v) is 6.74. The summed E-state index contributed by atoms with van der Waals surface area (Å²) in [6, 6.07) is 12.4. The molecule has 1 atom stereocenters. The number of benzene rings is 2. The van der Waals surface area contributed by atoms with Gasteiger partial charge in [-0.1, -0.05) is 24.3 Å². The lowest BCUT2D eigenvalue weighted by molar-refractivity contribution is -0.130. The molecule has 1 N–H and O–H groups in total. The first kappa shape index (κ1) is 31.9. The van der Waals surface area contributed by atoms with Gasteiger partial charge in [-0.3, -0.25) is 23.9 Å². The number of pyridine rings is 1. The summed E-state index contributed by atoms with van der Waals surface area (Å²) in [5, 5.41) is 2.76. The van der Waals surface area contributed by atoms with Crippen molar-refractivity contribution in [1.82, 2.24) is 23.9 Å². The summed E-state index contributed by atoms with van der Waals surface area (Å²) in [6.45, 7) is 6.27. The van der Waals surface area contributed by atoms with Crippen molar-refractivity contribution in [3.63, 3.8) is 0 Å². The first-order valence-corrected chi connectivity index (χ1v) is 15.5. The Morgan fingerprint density at radius 2 is 1.68 bits per heavy atom. The van der Waals surface area contributed by atoms with Crippen LogP contribution in [0, 0.1) is 12.7 Å². The maximum Gasteiger partial charge on any atom is 0.330 e. The maximum absolute atomic E-state index is 16.4. The number of methoxy groups -OCH3 is 1. The Bertz CT molecular complexity index is 2030. The zero-order valence-corrected chi connectivity index (χ0v) is 27.1. The molecule has 0 radical (unpaired) electrons. The molecule has 0 unspecified atom stereocenters. The Kier molecular flexibility index (Phi) is 8.54. The highest BCUT2D eigenvalue weighted by atomic mass is 19.1. The molecule has 2 aromatic heterocycles. The molecule has 2 aromatic carbocycles. The van der Waals surface area contributed by atoms with Gasteiger partial charge >= 0.3 is 5.69 Å². The molecule has 47 heavy (non-hydrogen) atoms. The smallest absolute Gasteiger partial charge is 0.330 e. The minimum Gasteiger partial charge on any atom is -0.481 e. The minimum atomic E-state index is -0.711. The molecule has 11 nitrogen and oxygen atoms in total. The third kappa shape index (κ3) is 5.73. The predicted molar refractivity (Wildman–Crippen MR) is 176 cm³/mol. The number of aryl methyl sites for hydroxylation is 2. The summed E-state index contributed by atoms with van der Waals surface area (Å²) in [7, 11) is 4.35. The number of anilines is 1. The van der Waals surface area contributed by atoms with Crippen LogP contribution in [0.5, 0.6) is 5.88 Å². The van der Waals surface area contributed by atoms with Crippen molar-refractivity contribution in [3.8, 4) is 28.3 Å². The minimum absolute atomic E-state index is 0.0877. The molecule has 3 heterocycles. The number of carbonyl (C=O) groups is 2. The lowest BCUT2D eigenvalue weighted by Crippen LogP contribution is -2.48. The van der Waals surface area contributed by atoms with E-state index in [1.54, 1.807) is 57.4 Å². The Hall–Kier alpha value is -5.10. The number of rotatable bonds is 6. The predicted octanol–water partition coefficient (Wildman–Crippen LogP) is 3.67. The highest BCUT2D eigenvalue weighted by molar-refractivity contribution is 6.04. The second-order valence-electron chi connectivity index (χ2n) is 12.1. The molecule has 1 saturated heterocycles. The first-order chi connectivity index (χ1) is 22.5. The van der Waals surface area contributed by atoms with Crippen LogP contribution in [0.4, 0.5) is 10.1 Å². The van der Waals surface area contributed by atoms with E-state index in [4.69, 9.17) is 9.72 Å². The molecule has 0 bridgehead atoms. The molecule has 4 aromatic rings. The molecule has 0 saturated carbocycles.